The van der Waals surface area contributed by atoms with E-state index < -0.39 is 0 Å². The van der Waals surface area contributed by atoms with E-state index in [0.717, 1.165) is 19.3 Å². The van der Waals surface area contributed by atoms with Gasteiger partial charge in [-0.05, 0) is 81.0 Å². The third-order valence-electron chi connectivity index (χ3n) is 7.87. The van der Waals surface area contributed by atoms with E-state index in [0.29, 0.717) is 48.1 Å². The van der Waals surface area contributed by atoms with Gasteiger partial charge < -0.3 is 4.74 Å². The second-order valence-corrected chi connectivity index (χ2v) is 9.91. The molecule has 0 aromatic heterocycles. The fourth-order valence-electron chi connectivity index (χ4n) is 6.34. The maximum Gasteiger partial charge on any atom is 0.309 e. The molecular weight excluding hydrogens is 418 g/mol. The first kappa shape index (κ1) is 20.7. The van der Waals surface area contributed by atoms with Crippen molar-refractivity contribution in [2.75, 3.05) is 6.61 Å². The Kier molecular flexibility index (Phi) is 5.37. The number of amides is 2. The summed E-state index contributed by atoms with van der Waals surface area (Å²) in [5, 5.41) is 0.538. The molecule has 0 unspecified atom stereocenters. The molecule has 4 aliphatic rings. The number of hydrogen-bond donors (Lipinski definition) is 0. The Morgan fingerprint density at radius 2 is 1.48 bits per heavy atom. The van der Waals surface area contributed by atoms with Gasteiger partial charge in [-0.25, -0.2) is 0 Å². The number of benzene rings is 1. The summed E-state index contributed by atoms with van der Waals surface area (Å²) < 4.78 is 5.26. The molecule has 1 aromatic rings. The van der Waals surface area contributed by atoms with Crippen LogP contribution in [0.2, 0.25) is 5.02 Å². The van der Waals surface area contributed by atoms with Crippen LogP contribution in [0.25, 0.3) is 0 Å². The number of likely N-dealkylation sites (tertiary alicyclic amines) is 1. The molecule has 7 heteroatoms. The number of Topliss-reactive ketones (excluding diaryl/α,β-unsaturated/α-hetero) is 1. The lowest BCUT2D eigenvalue weighted by Gasteiger charge is -2.33. The van der Waals surface area contributed by atoms with E-state index in [9.17, 15) is 19.2 Å². The van der Waals surface area contributed by atoms with Gasteiger partial charge in [-0.2, -0.15) is 0 Å². The smallest absolute Gasteiger partial charge is 0.309 e. The highest BCUT2D eigenvalue weighted by molar-refractivity contribution is 6.30. The van der Waals surface area contributed by atoms with Crippen molar-refractivity contribution in [1.82, 2.24) is 4.90 Å². The van der Waals surface area contributed by atoms with Crippen molar-refractivity contribution in [2.24, 2.45) is 29.6 Å². The topological polar surface area (TPSA) is 80.8 Å². The average molecular weight is 444 g/mol. The molecule has 4 atom stereocenters. The van der Waals surface area contributed by atoms with E-state index in [1.54, 1.807) is 29.2 Å². The van der Waals surface area contributed by atoms with Crippen molar-refractivity contribution >= 4 is 35.2 Å². The fourth-order valence-corrected chi connectivity index (χ4v) is 6.46. The first-order valence-corrected chi connectivity index (χ1v) is 11.6. The summed E-state index contributed by atoms with van der Waals surface area (Å²) in [6, 6.07) is 6.35. The van der Waals surface area contributed by atoms with Crippen LogP contribution in [0, 0.1) is 29.6 Å². The minimum atomic E-state index is -0.380. The van der Waals surface area contributed by atoms with Crippen LogP contribution < -0.4 is 0 Å². The number of ketones is 1. The van der Waals surface area contributed by atoms with Crippen molar-refractivity contribution in [1.29, 1.82) is 0 Å². The highest BCUT2D eigenvalue weighted by Crippen LogP contribution is 2.56. The fraction of sp³-hybridized carbons (Fsp3) is 0.583. The molecule has 3 saturated carbocycles. The largest absolute Gasteiger partial charge is 0.457 e. The Morgan fingerprint density at radius 1 is 0.903 bits per heavy atom. The number of carbonyl (C=O) groups is 4. The first-order valence-electron chi connectivity index (χ1n) is 11.3. The molecule has 1 heterocycles. The van der Waals surface area contributed by atoms with Crippen LogP contribution in [-0.2, 0) is 19.1 Å². The van der Waals surface area contributed by atoms with Crippen molar-refractivity contribution in [2.45, 2.75) is 51.0 Å². The molecule has 0 spiro atoms. The summed E-state index contributed by atoms with van der Waals surface area (Å²) in [5.74, 6) is -0.285. The SMILES string of the molecule is O=C(COC(=O)C1CCC(N2C(=O)[C@@H]3[C@H]4CC[C@@H](C4)[C@@H]3C2=O)CC1)c1ccc(Cl)cc1. The summed E-state index contributed by atoms with van der Waals surface area (Å²) in [6.07, 6.45) is 5.57. The molecule has 5 rings (SSSR count). The van der Waals surface area contributed by atoms with Gasteiger partial charge in [0.15, 0.2) is 12.4 Å². The summed E-state index contributed by atoms with van der Waals surface area (Å²) in [5.41, 5.74) is 0.450. The van der Waals surface area contributed by atoms with E-state index in [-0.39, 0.29) is 54.0 Å². The number of hydrogen-bond acceptors (Lipinski definition) is 5. The summed E-state index contributed by atoms with van der Waals surface area (Å²) in [7, 11) is 0. The zero-order chi connectivity index (χ0) is 21.7. The second-order valence-electron chi connectivity index (χ2n) is 9.47. The number of esters is 1. The third kappa shape index (κ3) is 3.59. The predicted molar refractivity (Wildman–Crippen MR) is 112 cm³/mol. The number of halogens is 1. The molecule has 2 amide bonds. The summed E-state index contributed by atoms with van der Waals surface area (Å²) in [4.78, 5) is 52.2. The lowest BCUT2D eigenvalue weighted by molar-refractivity contribution is -0.149. The highest BCUT2D eigenvalue weighted by Gasteiger charge is 2.61. The Bertz CT molecular complexity index is 892. The lowest BCUT2D eigenvalue weighted by Crippen LogP contribution is -2.44. The van der Waals surface area contributed by atoms with E-state index in [2.05, 4.69) is 0 Å². The summed E-state index contributed by atoms with van der Waals surface area (Å²) >= 11 is 5.82. The Hall–Kier alpha value is -2.21. The standard InChI is InChI=1S/C24H26ClNO5/c25-17-7-3-13(4-8-17)19(27)12-31-24(30)14-5-9-18(10-6-14)26-22(28)20-15-1-2-16(11-15)21(20)23(26)29/h3-4,7-8,14-16,18,20-21H,1-2,5-6,9-12H2/t14?,15-,16-,18?,20-,21+/m0/s1. The van der Waals surface area contributed by atoms with E-state index >= 15 is 0 Å². The molecular formula is C24H26ClNO5. The van der Waals surface area contributed by atoms with Gasteiger partial charge in [0.1, 0.15) is 0 Å². The van der Waals surface area contributed by atoms with Gasteiger partial charge in [-0.15, -0.1) is 0 Å². The van der Waals surface area contributed by atoms with Crippen LogP contribution in [0.5, 0.6) is 0 Å². The van der Waals surface area contributed by atoms with Crippen molar-refractivity contribution in [3.8, 4) is 0 Å². The molecule has 0 N–H and O–H groups in total. The Labute approximate surface area is 186 Å². The van der Waals surface area contributed by atoms with Crippen LogP contribution in [-0.4, -0.2) is 41.1 Å². The van der Waals surface area contributed by atoms with E-state index in [4.69, 9.17) is 16.3 Å². The molecule has 31 heavy (non-hydrogen) atoms. The normalized spacial score (nSPS) is 34.2. The zero-order valence-electron chi connectivity index (χ0n) is 17.3. The van der Waals surface area contributed by atoms with E-state index in [1.165, 1.54) is 0 Å². The molecule has 1 aromatic carbocycles. The monoisotopic (exact) mass is 443 g/mol. The van der Waals surface area contributed by atoms with E-state index in [1.807, 2.05) is 0 Å². The number of rotatable bonds is 5. The Morgan fingerprint density at radius 3 is 2.06 bits per heavy atom. The maximum atomic E-state index is 13.0. The van der Waals surface area contributed by atoms with Gasteiger partial charge in [0, 0.05) is 16.6 Å². The average Bonchev–Trinajstić information content (AvgIpc) is 3.46. The number of ether oxygens (including phenoxy) is 1. The van der Waals surface area contributed by atoms with Crippen molar-refractivity contribution in [3.05, 3.63) is 34.9 Å². The van der Waals surface area contributed by atoms with Crippen LogP contribution in [0.15, 0.2) is 24.3 Å². The highest BCUT2D eigenvalue weighted by atomic mass is 35.5. The van der Waals surface area contributed by atoms with Gasteiger partial charge in [0.05, 0.1) is 17.8 Å². The maximum absolute atomic E-state index is 13.0. The molecule has 164 valence electrons. The number of imide groups is 1. The number of nitrogens with zero attached hydrogens (tertiary/aromatic N) is 1. The second kappa shape index (κ2) is 8.05. The molecule has 4 fully saturated rings. The van der Waals surface area contributed by atoms with Gasteiger partial charge in [-0.1, -0.05) is 11.6 Å². The Balaban J connectivity index is 1.13. The minimum Gasteiger partial charge on any atom is -0.457 e. The van der Waals surface area contributed by atoms with Crippen molar-refractivity contribution < 1.29 is 23.9 Å². The molecule has 0 radical (unpaired) electrons. The van der Waals surface area contributed by atoms with Crippen LogP contribution in [0.4, 0.5) is 0 Å². The minimum absolute atomic E-state index is 0.0294. The quantitative estimate of drug-likeness (QED) is 0.394. The molecule has 6 nitrogen and oxygen atoms in total. The van der Waals surface area contributed by atoms with Gasteiger partial charge in [0.2, 0.25) is 11.8 Å². The first-order chi connectivity index (χ1) is 14.9. The van der Waals surface area contributed by atoms with Crippen LogP contribution in [0.3, 0.4) is 0 Å². The van der Waals surface area contributed by atoms with Gasteiger partial charge >= 0.3 is 5.97 Å². The van der Waals surface area contributed by atoms with Gasteiger partial charge in [-0.3, -0.25) is 24.1 Å². The van der Waals surface area contributed by atoms with Gasteiger partial charge in [0.25, 0.3) is 0 Å². The molecule has 1 saturated heterocycles. The van der Waals surface area contributed by atoms with Crippen LogP contribution in [0.1, 0.15) is 55.3 Å². The molecule has 3 aliphatic carbocycles. The number of fused-ring (bicyclic) bond motifs is 5. The lowest BCUT2D eigenvalue weighted by atomic mass is 9.81. The molecule has 1 aliphatic heterocycles. The van der Waals surface area contributed by atoms with Crippen LogP contribution >= 0.6 is 11.6 Å². The molecule has 2 bridgehead atoms. The predicted octanol–water partition coefficient (Wildman–Crippen LogP) is 3.66. The summed E-state index contributed by atoms with van der Waals surface area (Å²) in [6.45, 7) is -0.296. The zero-order valence-corrected chi connectivity index (χ0v) is 18.1. The van der Waals surface area contributed by atoms with Crippen molar-refractivity contribution in [3.63, 3.8) is 0 Å². The number of carbonyl (C=O) groups excluding carboxylic acids is 4. The third-order valence-corrected chi connectivity index (χ3v) is 8.12.